The molecule has 0 aliphatic carbocycles. The number of H-pyrrole nitrogens is 2. The van der Waals surface area contributed by atoms with Crippen LogP contribution in [0, 0.1) is 0 Å². The molecule has 0 radical (unpaired) electrons. The van der Waals surface area contributed by atoms with Crippen LogP contribution in [0.5, 0.6) is 0 Å². The summed E-state index contributed by atoms with van der Waals surface area (Å²) in [4.78, 5) is 19.2. The first-order chi connectivity index (χ1) is 15.3. The summed E-state index contributed by atoms with van der Waals surface area (Å²) in [5, 5.41) is 5.58. The van der Waals surface area contributed by atoms with E-state index in [1.165, 1.54) is 21.9 Å². The summed E-state index contributed by atoms with van der Waals surface area (Å²) >= 11 is 0. The molecule has 0 aliphatic heterocycles. The molecular weight excluding hydrogens is 382 g/mol. The molecule has 0 fully saturated rings. The first-order valence-corrected chi connectivity index (χ1v) is 10.8. The molecule has 0 unspecified atom stereocenters. The van der Waals surface area contributed by atoms with Crippen LogP contribution in [0.1, 0.15) is 40.2 Å². The van der Waals surface area contributed by atoms with Crippen LogP contribution in [0.3, 0.4) is 0 Å². The van der Waals surface area contributed by atoms with Gasteiger partial charge in [-0.25, -0.2) is 0 Å². The Bertz CT molecular complexity index is 1240. The highest BCUT2D eigenvalue weighted by atomic mass is 16.1. The van der Waals surface area contributed by atoms with E-state index in [0.717, 1.165) is 23.9 Å². The summed E-state index contributed by atoms with van der Waals surface area (Å²) in [5.74, 6) is 0.220. The van der Waals surface area contributed by atoms with Crippen LogP contribution in [0.4, 0.5) is 0 Å². The van der Waals surface area contributed by atoms with Crippen LogP contribution >= 0.6 is 0 Å². The van der Waals surface area contributed by atoms with E-state index in [1.54, 1.807) is 0 Å². The number of hydrogen-bond acceptors (Lipinski definition) is 1. The smallest absolute Gasteiger partial charge is 0.251 e. The summed E-state index contributed by atoms with van der Waals surface area (Å²) in [6, 6.07) is 26.3. The average molecular weight is 408 g/mol. The number of aromatic nitrogens is 2. The number of rotatable bonds is 7. The largest absolute Gasteiger partial charge is 0.361 e. The van der Waals surface area contributed by atoms with Gasteiger partial charge in [-0.15, -0.1) is 0 Å². The molecule has 0 bridgehead atoms. The second-order valence-corrected chi connectivity index (χ2v) is 7.90. The fourth-order valence-corrected chi connectivity index (χ4v) is 4.44. The summed E-state index contributed by atoms with van der Waals surface area (Å²) < 4.78 is 0. The van der Waals surface area contributed by atoms with Crippen molar-refractivity contribution in [1.82, 2.24) is 15.3 Å². The Balaban J connectivity index is 1.39. The molecule has 2 heterocycles. The highest BCUT2D eigenvalue weighted by molar-refractivity contribution is 5.94. The number of carbonyl (C=O) groups is 1. The van der Waals surface area contributed by atoms with Gasteiger partial charge in [-0.3, -0.25) is 4.79 Å². The molecule has 0 spiro atoms. The highest BCUT2D eigenvalue weighted by Gasteiger charge is 2.21. The molecule has 3 aromatic carbocycles. The molecule has 4 nitrogen and oxygen atoms in total. The number of nitrogens with one attached hydrogen (secondary N) is 3. The highest BCUT2D eigenvalue weighted by Crippen LogP contribution is 2.37. The van der Waals surface area contributed by atoms with E-state index in [0.29, 0.717) is 12.1 Å². The predicted molar refractivity (Wildman–Crippen MR) is 126 cm³/mol. The third-order valence-electron chi connectivity index (χ3n) is 5.98. The Kier molecular flexibility index (Phi) is 5.28. The van der Waals surface area contributed by atoms with Gasteiger partial charge in [0, 0.05) is 52.2 Å². The third-order valence-corrected chi connectivity index (χ3v) is 5.98. The van der Waals surface area contributed by atoms with Crippen molar-refractivity contribution in [1.29, 1.82) is 0 Å². The molecule has 0 aliphatic rings. The van der Waals surface area contributed by atoms with Gasteiger partial charge in [-0.2, -0.15) is 0 Å². The van der Waals surface area contributed by atoms with Crippen molar-refractivity contribution in [2.75, 3.05) is 6.54 Å². The van der Waals surface area contributed by atoms with Gasteiger partial charge < -0.3 is 15.3 Å². The Morgan fingerprint density at radius 2 is 1.29 bits per heavy atom. The normalized spacial score (nSPS) is 11.4. The van der Waals surface area contributed by atoms with Gasteiger partial charge in [0.15, 0.2) is 0 Å². The van der Waals surface area contributed by atoms with E-state index < -0.39 is 0 Å². The Hall–Kier alpha value is -3.79. The van der Waals surface area contributed by atoms with Crippen LogP contribution in [-0.2, 0) is 0 Å². The van der Waals surface area contributed by atoms with E-state index in [4.69, 9.17) is 0 Å². The minimum atomic E-state index is -0.0173. The molecule has 5 rings (SSSR count). The minimum absolute atomic E-state index is 0.0173. The SMILES string of the molecule is O=C(NCCCC(c1c[nH]c2ccccc12)c1c[nH]c2ccccc12)c1ccccc1. The lowest BCUT2D eigenvalue weighted by atomic mass is 9.87. The summed E-state index contributed by atoms with van der Waals surface area (Å²) in [7, 11) is 0. The van der Waals surface area contributed by atoms with Crippen molar-refractivity contribution < 1.29 is 4.79 Å². The maximum atomic E-state index is 12.4. The molecule has 0 atom stereocenters. The summed E-state index contributed by atoms with van der Waals surface area (Å²) in [6.45, 7) is 0.648. The molecule has 1 amide bonds. The Morgan fingerprint density at radius 3 is 1.90 bits per heavy atom. The second kappa shape index (κ2) is 8.52. The number of para-hydroxylation sites is 2. The van der Waals surface area contributed by atoms with Crippen LogP contribution < -0.4 is 5.32 Å². The van der Waals surface area contributed by atoms with E-state index in [2.05, 4.69) is 76.2 Å². The monoisotopic (exact) mass is 407 g/mol. The van der Waals surface area contributed by atoms with Crippen LogP contribution in [0.25, 0.3) is 21.8 Å². The number of aromatic amines is 2. The van der Waals surface area contributed by atoms with Gasteiger partial charge in [0.05, 0.1) is 0 Å². The van der Waals surface area contributed by atoms with Gasteiger partial charge in [0.2, 0.25) is 0 Å². The fraction of sp³-hybridized carbons (Fsp3) is 0.148. The second-order valence-electron chi connectivity index (χ2n) is 7.90. The van der Waals surface area contributed by atoms with Gasteiger partial charge in [-0.05, 0) is 48.2 Å². The zero-order chi connectivity index (χ0) is 21.0. The zero-order valence-corrected chi connectivity index (χ0v) is 17.3. The van der Waals surface area contributed by atoms with Crippen LogP contribution in [0.15, 0.2) is 91.3 Å². The van der Waals surface area contributed by atoms with E-state index in [1.807, 2.05) is 30.3 Å². The number of benzene rings is 3. The lowest BCUT2D eigenvalue weighted by Crippen LogP contribution is -2.24. The molecule has 154 valence electrons. The quantitative estimate of drug-likeness (QED) is 0.285. The maximum Gasteiger partial charge on any atom is 0.251 e. The van der Waals surface area contributed by atoms with Crippen molar-refractivity contribution in [3.63, 3.8) is 0 Å². The molecule has 3 N–H and O–H groups in total. The molecular formula is C27H25N3O. The molecule has 5 aromatic rings. The minimum Gasteiger partial charge on any atom is -0.361 e. The van der Waals surface area contributed by atoms with Crippen molar-refractivity contribution in [2.24, 2.45) is 0 Å². The van der Waals surface area contributed by atoms with Gasteiger partial charge in [-0.1, -0.05) is 54.6 Å². The molecule has 0 saturated heterocycles. The number of carbonyl (C=O) groups excluding carboxylic acids is 1. The van der Waals surface area contributed by atoms with Crippen molar-refractivity contribution in [3.05, 3.63) is 108 Å². The standard InChI is InChI=1S/C27H25N3O/c31-27(19-9-2-1-3-10-19)28-16-8-13-20(23-17-29-25-14-6-4-11-21(23)25)24-18-30-26-15-7-5-12-22(24)26/h1-7,9-12,14-15,17-18,20,29-30H,8,13,16H2,(H,28,31). The molecule has 0 saturated carbocycles. The van der Waals surface area contributed by atoms with Crippen molar-refractivity contribution in [3.8, 4) is 0 Å². The lowest BCUT2D eigenvalue weighted by molar-refractivity contribution is 0.0953. The van der Waals surface area contributed by atoms with Crippen molar-refractivity contribution >= 4 is 27.7 Å². The van der Waals surface area contributed by atoms with E-state index in [9.17, 15) is 4.79 Å². The van der Waals surface area contributed by atoms with Crippen molar-refractivity contribution in [2.45, 2.75) is 18.8 Å². The van der Waals surface area contributed by atoms with E-state index in [-0.39, 0.29) is 11.8 Å². The van der Waals surface area contributed by atoms with Crippen LogP contribution in [0.2, 0.25) is 0 Å². The molecule has 4 heteroatoms. The summed E-state index contributed by atoms with van der Waals surface area (Å²) in [5.41, 5.74) is 5.61. The van der Waals surface area contributed by atoms with Gasteiger partial charge in [0.25, 0.3) is 5.91 Å². The van der Waals surface area contributed by atoms with Gasteiger partial charge >= 0.3 is 0 Å². The van der Waals surface area contributed by atoms with Gasteiger partial charge in [0.1, 0.15) is 0 Å². The lowest BCUT2D eigenvalue weighted by Gasteiger charge is -2.17. The average Bonchev–Trinajstić information content (AvgIpc) is 3.44. The Morgan fingerprint density at radius 1 is 0.742 bits per heavy atom. The maximum absolute atomic E-state index is 12.4. The first-order valence-electron chi connectivity index (χ1n) is 10.8. The molecule has 31 heavy (non-hydrogen) atoms. The fourth-order valence-electron chi connectivity index (χ4n) is 4.44. The number of hydrogen-bond donors (Lipinski definition) is 3. The van der Waals surface area contributed by atoms with Crippen LogP contribution in [-0.4, -0.2) is 22.4 Å². The summed E-state index contributed by atoms with van der Waals surface area (Å²) in [6.07, 6.45) is 6.11. The zero-order valence-electron chi connectivity index (χ0n) is 17.3. The first kappa shape index (κ1) is 19.2. The number of fused-ring (bicyclic) bond motifs is 2. The topological polar surface area (TPSA) is 60.7 Å². The Labute approximate surface area is 181 Å². The van der Waals surface area contributed by atoms with E-state index >= 15 is 0 Å². The number of amides is 1. The predicted octanol–water partition coefficient (Wildman–Crippen LogP) is 5.99. The third kappa shape index (κ3) is 3.84. The molecule has 2 aromatic heterocycles.